The number of aliphatic hydroxyl groups excluding tert-OH is 1. The molecule has 1 nitrogen and oxygen atoms in total. The second-order valence-electron chi connectivity index (χ2n) is 6.31. The van der Waals surface area contributed by atoms with Crippen molar-refractivity contribution < 1.29 is 5.11 Å². The molecule has 2 saturated carbocycles. The molecule has 1 heteroatoms. The lowest BCUT2D eigenvalue weighted by atomic mass is 10.0. The van der Waals surface area contributed by atoms with E-state index in [1.54, 1.807) is 0 Å². The highest BCUT2D eigenvalue weighted by atomic mass is 16.3. The van der Waals surface area contributed by atoms with E-state index in [-0.39, 0.29) is 6.10 Å². The van der Waals surface area contributed by atoms with E-state index >= 15 is 0 Å². The summed E-state index contributed by atoms with van der Waals surface area (Å²) in [7, 11) is 0. The Morgan fingerprint density at radius 3 is 2.18 bits per heavy atom. The van der Waals surface area contributed by atoms with E-state index in [1.165, 1.54) is 64.2 Å². The lowest BCUT2D eigenvalue weighted by molar-refractivity contribution is 0.123. The average molecular weight is 238 g/mol. The molecule has 0 spiro atoms. The summed E-state index contributed by atoms with van der Waals surface area (Å²) in [5.41, 5.74) is 0. The van der Waals surface area contributed by atoms with Gasteiger partial charge in [-0.3, -0.25) is 0 Å². The first-order valence-electron chi connectivity index (χ1n) is 8.02. The van der Waals surface area contributed by atoms with Gasteiger partial charge >= 0.3 is 0 Å². The maximum Gasteiger partial charge on any atom is 0.0573 e. The van der Waals surface area contributed by atoms with E-state index in [4.69, 9.17) is 0 Å². The Morgan fingerprint density at radius 1 is 0.941 bits per heavy atom. The van der Waals surface area contributed by atoms with Crippen molar-refractivity contribution in [3.05, 3.63) is 0 Å². The lowest BCUT2D eigenvalue weighted by Crippen LogP contribution is -2.12. The minimum absolute atomic E-state index is 0.0425. The van der Waals surface area contributed by atoms with Crippen LogP contribution in [0.2, 0.25) is 0 Å². The second kappa shape index (κ2) is 6.78. The number of aliphatic hydroxyl groups is 1. The third kappa shape index (κ3) is 3.71. The maximum absolute atomic E-state index is 10.1. The fourth-order valence-electron chi connectivity index (χ4n) is 3.95. The van der Waals surface area contributed by atoms with Crippen LogP contribution in [0, 0.1) is 17.8 Å². The van der Waals surface area contributed by atoms with Crippen molar-refractivity contribution in [2.75, 3.05) is 0 Å². The van der Waals surface area contributed by atoms with Crippen LogP contribution >= 0.6 is 0 Å². The van der Waals surface area contributed by atoms with E-state index < -0.39 is 0 Å². The minimum Gasteiger partial charge on any atom is -0.393 e. The zero-order valence-corrected chi connectivity index (χ0v) is 11.5. The molecule has 0 heterocycles. The molecule has 0 radical (unpaired) electrons. The maximum atomic E-state index is 10.1. The van der Waals surface area contributed by atoms with Crippen LogP contribution in [0.5, 0.6) is 0 Å². The lowest BCUT2D eigenvalue weighted by Gasteiger charge is -2.12. The van der Waals surface area contributed by atoms with Gasteiger partial charge < -0.3 is 5.11 Å². The van der Waals surface area contributed by atoms with Gasteiger partial charge in [0.15, 0.2) is 0 Å². The number of unbranched alkanes of at least 4 members (excludes halogenated alkanes) is 6. The van der Waals surface area contributed by atoms with E-state index in [0.717, 1.165) is 18.3 Å². The molecule has 3 atom stereocenters. The van der Waals surface area contributed by atoms with Gasteiger partial charge in [-0.1, -0.05) is 58.3 Å². The number of hydrogen-bond acceptors (Lipinski definition) is 1. The van der Waals surface area contributed by atoms with Crippen LogP contribution in [0.4, 0.5) is 0 Å². The van der Waals surface area contributed by atoms with Crippen molar-refractivity contribution in [2.24, 2.45) is 17.8 Å². The van der Waals surface area contributed by atoms with Gasteiger partial charge in [-0.05, 0) is 37.0 Å². The Hall–Kier alpha value is -0.0400. The van der Waals surface area contributed by atoms with E-state index in [1.807, 2.05) is 0 Å². The quantitative estimate of drug-likeness (QED) is 0.585. The Morgan fingerprint density at radius 2 is 1.53 bits per heavy atom. The van der Waals surface area contributed by atoms with Crippen molar-refractivity contribution in [3.8, 4) is 0 Å². The van der Waals surface area contributed by atoms with Crippen molar-refractivity contribution in [3.63, 3.8) is 0 Å². The Labute approximate surface area is 107 Å². The van der Waals surface area contributed by atoms with Crippen LogP contribution < -0.4 is 0 Å². The van der Waals surface area contributed by atoms with E-state index in [9.17, 15) is 5.11 Å². The van der Waals surface area contributed by atoms with Crippen molar-refractivity contribution in [1.29, 1.82) is 0 Å². The third-order valence-corrected chi connectivity index (χ3v) is 5.02. The number of rotatable bonds is 9. The zero-order valence-electron chi connectivity index (χ0n) is 11.5. The van der Waals surface area contributed by atoms with Gasteiger partial charge in [-0.2, -0.15) is 0 Å². The van der Waals surface area contributed by atoms with Gasteiger partial charge in [0.2, 0.25) is 0 Å². The second-order valence-corrected chi connectivity index (χ2v) is 6.31. The fraction of sp³-hybridized carbons (Fsp3) is 1.00. The van der Waals surface area contributed by atoms with Crippen molar-refractivity contribution in [2.45, 2.75) is 83.7 Å². The van der Waals surface area contributed by atoms with Crippen LogP contribution in [0.3, 0.4) is 0 Å². The molecule has 1 N–H and O–H groups in total. The minimum atomic E-state index is 0.0425. The molecule has 0 aromatic heterocycles. The predicted octanol–water partition coefficient (Wildman–Crippen LogP) is 4.53. The topological polar surface area (TPSA) is 20.2 Å². The summed E-state index contributed by atoms with van der Waals surface area (Å²) >= 11 is 0. The summed E-state index contributed by atoms with van der Waals surface area (Å²) < 4.78 is 0. The molecule has 0 amide bonds. The zero-order chi connectivity index (χ0) is 12.1. The van der Waals surface area contributed by atoms with Gasteiger partial charge in [0, 0.05) is 0 Å². The SMILES string of the molecule is CCCCCCCCCC(O)C1C2CCCC21. The molecular formula is C16H30O. The first kappa shape index (κ1) is 13.4. The van der Waals surface area contributed by atoms with Gasteiger partial charge in [-0.25, -0.2) is 0 Å². The molecule has 2 aliphatic carbocycles. The molecule has 2 fully saturated rings. The number of fused-ring (bicyclic) bond motifs is 1. The van der Waals surface area contributed by atoms with Crippen LogP contribution in [-0.2, 0) is 0 Å². The monoisotopic (exact) mass is 238 g/mol. The normalized spacial score (nSPS) is 32.5. The van der Waals surface area contributed by atoms with Gasteiger partial charge in [-0.15, -0.1) is 0 Å². The summed E-state index contributed by atoms with van der Waals surface area (Å²) in [6.07, 6.45) is 14.9. The molecule has 0 aliphatic heterocycles. The molecule has 0 aromatic rings. The summed E-state index contributed by atoms with van der Waals surface area (Å²) in [4.78, 5) is 0. The smallest absolute Gasteiger partial charge is 0.0573 e. The standard InChI is InChI=1S/C16H30O/c1-2-3-4-5-6-7-8-12-15(17)16-13-10-9-11-14(13)16/h13-17H,2-12H2,1H3. The van der Waals surface area contributed by atoms with Crippen LogP contribution in [0.15, 0.2) is 0 Å². The molecular weight excluding hydrogens is 208 g/mol. The van der Waals surface area contributed by atoms with Crippen molar-refractivity contribution >= 4 is 0 Å². The molecule has 17 heavy (non-hydrogen) atoms. The molecule has 0 saturated heterocycles. The highest BCUT2D eigenvalue weighted by molar-refractivity contribution is 5.03. The van der Waals surface area contributed by atoms with Crippen LogP contribution in [0.25, 0.3) is 0 Å². The summed E-state index contributed by atoms with van der Waals surface area (Å²) in [5.74, 6) is 2.56. The summed E-state index contributed by atoms with van der Waals surface area (Å²) in [6.45, 7) is 2.27. The van der Waals surface area contributed by atoms with Gasteiger partial charge in [0.05, 0.1) is 6.10 Å². The molecule has 0 aromatic carbocycles. The Kier molecular flexibility index (Phi) is 5.34. The van der Waals surface area contributed by atoms with Crippen molar-refractivity contribution in [1.82, 2.24) is 0 Å². The van der Waals surface area contributed by atoms with E-state index in [2.05, 4.69) is 6.92 Å². The first-order chi connectivity index (χ1) is 8.34. The summed E-state index contributed by atoms with van der Waals surface area (Å²) in [5, 5.41) is 10.1. The highest BCUT2D eigenvalue weighted by Crippen LogP contribution is 2.59. The Balaban J connectivity index is 1.43. The molecule has 0 bridgehead atoms. The summed E-state index contributed by atoms with van der Waals surface area (Å²) in [6, 6.07) is 0. The largest absolute Gasteiger partial charge is 0.393 e. The molecule has 2 rings (SSSR count). The van der Waals surface area contributed by atoms with Crippen LogP contribution in [0.1, 0.15) is 77.6 Å². The molecule has 100 valence electrons. The van der Waals surface area contributed by atoms with Crippen LogP contribution in [-0.4, -0.2) is 11.2 Å². The highest BCUT2D eigenvalue weighted by Gasteiger charge is 2.55. The van der Waals surface area contributed by atoms with Gasteiger partial charge in [0.1, 0.15) is 0 Å². The third-order valence-electron chi connectivity index (χ3n) is 5.02. The first-order valence-corrected chi connectivity index (χ1v) is 8.02. The molecule has 3 unspecified atom stereocenters. The average Bonchev–Trinajstić information content (AvgIpc) is 2.82. The van der Waals surface area contributed by atoms with Gasteiger partial charge in [0.25, 0.3) is 0 Å². The number of hydrogen-bond donors (Lipinski definition) is 1. The fourth-order valence-corrected chi connectivity index (χ4v) is 3.95. The molecule has 2 aliphatic rings. The Bertz CT molecular complexity index is 204. The van der Waals surface area contributed by atoms with E-state index in [0.29, 0.717) is 5.92 Å². The predicted molar refractivity (Wildman–Crippen MR) is 72.9 cm³/mol.